The number of aromatic amines is 1. The number of aryl methyl sites for hydroxylation is 1. The molecule has 3 rings (SSSR count). The smallest absolute Gasteiger partial charge is 0.203 e. The molecule has 3 aromatic rings. The van der Waals surface area contributed by atoms with E-state index in [1.54, 1.807) is 34.6 Å². The molecule has 0 fully saturated rings. The molecule has 0 bridgehead atoms. The summed E-state index contributed by atoms with van der Waals surface area (Å²) in [5.74, 6) is 8.19. The van der Waals surface area contributed by atoms with Crippen LogP contribution < -0.4 is 24.8 Å². The lowest BCUT2D eigenvalue weighted by atomic mass is 10.1. The number of nitrogens with two attached hydrogens (primary N) is 1. The molecule has 0 aliphatic heterocycles. The number of methoxy groups -OCH3 is 4. The maximum atomic E-state index is 5.40. The molecule has 0 atom stereocenters. The summed E-state index contributed by atoms with van der Waals surface area (Å²) in [5.41, 5.74) is 3.09. The number of hydrogen-bond acceptors (Lipinski definition) is 6. The Morgan fingerprint density at radius 3 is 1.85 bits per heavy atom. The zero-order valence-electron chi connectivity index (χ0n) is 16.1. The van der Waals surface area contributed by atoms with Crippen LogP contribution in [0.15, 0.2) is 41.4 Å². The van der Waals surface area contributed by atoms with E-state index < -0.39 is 0 Å². The summed E-state index contributed by atoms with van der Waals surface area (Å²) in [6.45, 7) is 1.98. The van der Waals surface area contributed by atoms with Crippen molar-refractivity contribution in [3.05, 3.63) is 42.1 Å². The van der Waals surface area contributed by atoms with Crippen molar-refractivity contribution in [2.24, 2.45) is 0 Å². The Labute approximate surface area is 164 Å². The van der Waals surface area contributed by atoms with Gasteiger partial charge in [-0.15, -0.1) is 12.6 Å². The summed E-state index contributed by atoms with van der Waals surface area (Å²) in [6, 6.07) is 9.56. The van der Waals surface area contributed by atoms with E-state index in [4.69, 9.17) is 24.8 Å². The van der Waals surface area contributed by atoms with Crippen molar-refractivity contribution in [3.8, 4) is 34.3 Å². The summed E-state index contributed by atoms with van der Waals surface area (Å²) in [5, 5.41) is 2.92. The Morgan fingerprint density at radius 2 is 1.44 bits per heavy atom. The predicted octanol–water partition coefficient (Wildman–Crippen LogP) is 3.52. The molecule has 0 radical (unpaired) electrons. The van der Waals surface area contributed by atoms with E-state index in [1.807, 2.05) is 37.3 Å². The molecule has 8 heteroatoms. The topological polar surface area (TPSA) is 83.7 Å². The van der Waals surface area contributed by atoms with Crippen LogP contribution in [0.5, 0.6) is 23.0 Å². The number of nitrogens with one attached hydrogen (secondary N) is 1. The highest BCUT2D eigenvalue weighted by Gasteiger charge is 2.10. The van der Waals surface area contributed by atoms with Crippen LogP contribution in [0.1, 0.15) is 5.56 Å². The van der Waals surface area contributed by atoms with Gasteiger partial charge in [-0.2, -0.15) is 0 Å². The van der Waals surface area contributed by atoms with Gasteiger partial charge < -0.3 is 24.8 Å². The fourth-order valence-electron chi connectivity index (χ4n) is 2.48. The minimum absolute atomic E-state index is 0.635. The SMILES string of the molecule is COc1cc(C)cc(OC)c1OC.COc1ccc(-c2cn(N)[nH]2)cc1S. The van der Waals surface area contributed by atoms with Crippen molar-refractivity contribution >= 4 is 12.6 Å². The molecule has 1 heterocycles. The molecule has 0 amide bonds. The van der Waals surface area contributed by atoms with Gasteiger partial charge in [0.2, 0.25) is 5.75 Å². The highest BCUT2D eigenvalue weighted by atomic mass is 32.1. The van der Waals surface area contributed by atoms with E-state index in [1.165, 1.54) is 4.79 Å². The minimum Gasteiger partial charge on any atom is -0.496 e. The summed E-state index contributed by atoms with van der Waals surface area (Å²) in [4.78, 5) is 2.21. The Kier molecular flexibility index (Phi) is 6.95. The second kappa shape index (κ2) is 9.18. The number of nitrogens with zero attached hydrogens (tertiary/aromatic N) is 1. The molecule has 7 nitrogen and oxygen atoms in total. The molecule has 3 N–H and O–H groups in total. The molecule has 0 aliphatic rings. The van der Waals surface area contributed by atoms with E-state index in [2.05, 4.69) is 17.7 Å². The molecular weight excluding hydrogens is 366 g/mol. The third-order valence-electron chi connectivity index (χ3n) is 3.82. The highest BCUT2D eigenvalue weighted by Crippen LogP contribution is 2.37. The lowest BCUT2D eigenvalue weighted by Gasteiger charge is -2.12. The molecular formula is C19H25N3O4S. The average molecular weight is 391 g/mol. The molecule has 0 saturated heterocycles. The number of ether oxygens (including phenoxy) is 4. The summed E-state index contributed by atoms with van der Waals surface area (Å²) < 4.78 is 20.6. The second-order valence-electron chi connectivity index (χ2n) is 5.65. The Balaban J connectivity index is 0.000000194. The zero-order valence-corrected chi connectivity index (χ0v) is 17.0. The van der Waals surface area contributed by atoms with Crippen LogP contribution in [0.2, 0.25) is 0 Å². The summed E-state index contributed by atoms with van der Waals surface area (Å²) in [7, 11) is 6.43. The Hall–Kier alpha value is -2.87. The van der Waals surface area contributed by atoms with Crippen molar-refractivity contribution in [2.75, 3.05) is 34.3 Å². The fraction of sp³-hybridized carbons (Fsp3) is 0.263. The van der Waals surface area contributed by atoms with Crippen molar-refractivity contribution in [1.29, 1.82) is 0 Å². The summed E-state index contributed by atoms with van der Waals surface area (Å²) >= 11 is 4.30. The first-order chi connectivity index (χ1) is 12.9. The van der Waals surface area contributed by atoms with Gasteiger partial charge in [0, 0.05) is 10.5 Å². The second-order valence-corrected chi connectivity index (χ2v) is 6.13. The molecule has 0 spiro atoms. The van der Waals surface area contributed by atoms with Crippen LogP contribution in [0.3, 0.4) is 0 Å². The van der Waals surface area contributed by atoms with Gasteiger partial charge in [-0.3, -0.25) is 5.10 Å². The summed E-state index contributed by atoms with van der Waals surface area (Å²) in [6.07, 6.45) is 1.80. The number of nitrogen functional groups attached to an aromatic ring is 1. The van der Waals surface area contributed by atoms with Crippen LogP contribution in [0, 0.1) is 6.92 Å². The molecule has 2 aromatic carbocycles. The highest BCUT2D eigenvalue weighted by molar-refractivity contribution is 7.80. The third-order valence-corrected chi connectivity index (χ3v) is 4.17. The van der Waals surface area contributed by atoms with E-state index in [9.17, 15) is 0 Å². The van der Waals surface area contributed by atoms with Gasteiger partial charge in [-0.1, -0.05) is 0 Å². The lowest BCUT2D eigenvalue weighted by molar-refractivity contribution is 0.324. The largest absolute Gasteiger partial charge is 0.496 e. The lowest BCUT2D eigenvalue weighted by Crippen LogP contribution is -2.18. The van der Waals surface area contributed by atoms with Crippen LogP contribution in [-0.2, 0) is 0 Å². The van der Waals surface area contributed by atoms with Gasteiger partial charge in [0.1, 0.15) is 5.75 Å². The molecule has 0 aliphatic carbocycles. The number of rotatable bonds is 5. The maximum absolute atomic E-state index is 5.40. The molecule has 27 heavy (non-hydrogen) atoms. The number of aromatic nitrogens is 2. The van der Waals surface area contributed by atoms with Crippen LogP contribution in [0.25, 0.3) is 11.3 Å². The standard InChI is InChI=1S/C10H14O3.C9H11N3OS/c1-7-5-8(11-2)10(13-4)9(6-7)12-3;1-13-8-3-2-6(4-9(8)14)7-5-12(10)11-7/h5-6H,1-4H3;2-5,11,14H,10H2,1H3. The monoisotopic (exact) mass is 391 g/mol. The van der Waals surface area contributed by atoms with Gasteiger partial charge in [-0.25, -0.2) is 4.79 Å². The van der Waals surface area contributed by atoms with Gasteiger partial charge in [0.05, 0.1) is 40.3 Å². The van der Waals surface area contributed by atoms with E-state index in [0.29, 0.717) is 17.2 Å². The van der Waals surface area contributed by atoms with Gasteiger partial charge in [0.25, 0.3) is 0 Å². The Morgan fingerprint density at radius 1 is 0.889 bits per heavy atom. The van der Waals surface area contributed by atoms with Gasteiger partial charge >= 0.3 is 0 Å². The van der Waals surface area contributed by atoms with Crippen molar-refractivity contribution in [1.82, 2.24) is 9.89 Å². The van der Waals surface area contributed by atoms with Crippen molar-refractivity contribution < 1.29 is 18.9 Å². The van der Waals surface area contributed by atoms with Gasteiger partial charge in [-0.05, 0) is 42.8 Å². The number of thiol groups is 1. The quantitative estimate of drug-likeness (QED) is 0.458. The molecule has 0 unspecified atom stereocenters. The van der Waals surface area contributed by atoms with Gasteiger partial charge in [0.15, 0.2) is 11.5 Å². The average Bonchev–Trinajstić information content (AvgIpc) is 2.65. The molecule has 1 aromatic heterocycles. The van der Waals surface area contributed by atoms with E-state index >= 15 is 0 Å². The van der Waals surface area contributed by atoms with Crippen LogP contribution in [0.4, 0.5) is 0 Å². The van der Waals surface area contributed by atoms with Crippen LogP contribution in [-0.4, -0.2) is 38.3 Å². The number of H-pyrrole nitrogens is 1. The Bertz CT molecular complexity index is 852. The van der Waals surface area contributed by atoms with Crippen LogP contribution >= 0.6 is 12.6 Å². The number of hydrogen-bond donors (Lipinski definition) is 3. The zero-order chi connectivity index (χ0) is 20.0. The van der Waals surface area contributed by atoms with Crippen molar-refractivity contribution in [3.63, 3.8) is 0 Å². The van der Waals surface area contributed by atoms with E-state index in [-0.39, 0.29) is 0 Å². The minimum atomic E-state index is 0.635. The normalized spacial score (nSPS) is 10.0. The predicted molar refractivity (Wildman–Crippen MR) is 109 cm³/mol. The number of benzene rings is 2. The fourth-order valence-corrected chi connectivity index (χ4v) is 2.79. The third kappa shape index (κ3) is 4.85. The van der Waals surface area contributed by atoms with E-state index in [0.717, 1.165) is 27.5 Å². The maximum Gasteiger partial charge on any atom is 0.203 e. The molecule has 146 valence electrons. The van der Waals surface area contributed by atoms with Crippen molar-refractivity contribution in [2.45, 2.75) is 11.8 Å². The first kappa shape index (κ1) is 20.4. The first-order valence-electron chi connectivity index (χ1n) is 8.09. The first-order valence-corrected chi connectivity index (χ1v) is 8.54. The molecule has 0 saturated carbocycles.